The lowest BCUT2D eigenvalue weighted by Crippen LogP contribution is -2.20. The summed E-state index contributed by atoms with van der Waals surface area (Å²) in [6.07, 6.45) is 0.270. The van der Waals surface area contributed by atoms with Crippen LogP contribution in [0.15, 0.2) is 30.3 Å². The monoisotopic (exact) mass is 312 g/mol. The van der Waals surface area contributed by atoms with Crippen LogP contribution in [0.2, 0.25) is 0 Å². The summed E-state index contributed by atoms with van der Waals surface area (Å²) in [4.78, 5) is 12.0. The molecule has 0 fully saturated rings. The molecule has 2 aromatic rings. The van der Waals surface area contributed by atoms with Crippen molar-refractivity contribution >= 4 is 5.97 Å². The van der Waals surface area contributed by atoms with Crippen molar-refractivity contribution in [2.75, 3.05) is 13.6 Å². The lowest BCUT2D eigenvalue weighted by atomic mass is 9.86. The minimum atomic E-state index is -0.265. The van der Waals surface area contributed by atoms with Crippen molar-refractivity contribution in [2.45, 2.75) is 12.3 Å². The van der Waals surface area contributed by atoms with E-state index in [2.05, 4.69) is 0 Å². The van der Waals surface area contributed by atoms with Crippen LogP contribution in [0.3, 0.4) is 0 Å². The normalized spacial score (nSPS) is 20.2. The highest BCUT2D eigenvalue weighted by atomic mass is 16.7. The summed E-state index contributed by atoms with van der Waals surface area (Å²) in [5.41, 5.74) is 1.89. The van der Waals surface area contributed by atoms with Gasteiger partial charge in [0.1, 0.15) is 5.75 Å². The predicted octanol–water partition coefficient (Wildman–Crippen LogP) is 2.58. The van der Waals surface area contributed by atoms with Gasteiger partial charge in [0.2, 0.25) is 13.6 Å². The molecular formula is C17H12O6. The van der Waals surface area contributed by atoms with Gasteiger partial charge in [-0.1, -0.05) is 6.07 Å². The second-order valence-corrected chi connectivity index (χ2v) is 5.59. The van der Waals surface area contributed by atoms with E-state index in [1.165, 1.54) is 0 Å². The molecule has 6 heteroatoms. The summed E-state index contributed by atoms with van der Waals surface area (Å²) < 4.78 is 26.9. The second kappa shape index (κ2) is 4.55. The molecule has 3 aliphatic heterocycles. The average molecular weight is 312 g/mol. The Morgan fingerprint density at radius 3 is 2.30 bits per heavy atom. The lowest BCUT2D eigenvalue weighted by molar-refractivity contribution is -0.135. The van der Waals surface area contributed by atoms with E-state index in [1.54, 1.807) is 6.07 Å². The minimum absolute atomic E-state index is 0.116. The fraction of sp³-hybridized carbons (Fsp3) is 0.235. The number of esters is 1. The van der Waals surface area contributed by atoms with Crippen molar-refractivity contribution in [1.29, 1.82) is 0 Å². The molecule has 0 spiro atoms. The molecule has 0 saturated carbocycles. The first-order chi connectivity index (χ1) is 11.3. The number of carbonyl (C=O) groups is 1. The van der Waals surface area contributed by atoms with Gasteiger partial charge >= 0.3 is 5.97 Å². The number of carbonyl (C=O) groups excluding carboxylic acids is 1. The summed E-state index contributed by atoms with van der Waals surface area (Å²) in [5.74, 6) is 2.83. The summed E-state index contributed by atoms with van der Waals surface area (Å²) in [7, 11) is 0. The molecule has 0 aliphatic carbocycles. The van der Waals surface area contributed by atoms with E-state index < -0.39 is 0 Å². The Labute approximate surface area is 131 Å². The highest BCUT2D eigenvalue weighted by molar-refractivity contribution is 5.78. The number of hydrogen-bond donors (Lipinski definition) is 0. The van der Waals surface area contributed by atoms with Crippen LogP contribution < -0.4 is 23.7 Å². The molecule has 0 N–H and O–H groups in total. The molecule has 1 atom stereocenters. The quantitative estimate of drug-likeness (QED) is 0.596. The van der Waals surface area contributed by atoms with Crippen molar-refractivity contribution in [3.05, 3.63) is 41.5 Å². The largest absolute Gasteiger partial charge is 0.454 e. The van der Waals surface area contributed by atoms with Crippen LogP contribution in [0.4, 0.5) is 0 Å². The highest BCUT2D eigenvalue weighted by Gasteiger charge is 2.32. The molecule has 0 amide bonds. The standard InChI is InChI=1S/C17H12O6/c18-17-5-10(9-1-2-12-14(3-9)20-7-19-12)11-4-15-16(22-8-21-15)6-13(11)23-17/h1-4,6,10H,5,7-8H2/t10-/m1/s1. The van der Waals surface area contributed by atoms with E-state index in [-0.39, 0.29) is 31.9 Å². The zero-order valence-corrected chi connectivity index (χ0v) is 12.0. The first-order valence-electron chi connectivity index (χ1n) is 7.32. The van der Waals surface area contributed by atoms with Gasteiger partial charge in [0.15, 0.2) is 23.0 Å². The Morgan fingerprint density at radius 1 is 0.783 bits per heavy atom. The van der Waals surface area contributed by atoms with Crippen molar-refractivity contribution in [3.8, 4) is 28.7 Å². The Balaban J connectivity index is 1.63. The third-order valence-electron chi connectivity index (χ3n) is 4.27. The van der Waals surface area contributed by atoms with Gasteiger partial charge in [-0.05, 0) is 23.8 Å². The Hall–Kier alpha value is -2.89. The first-order valence-corrected chi connectivity index (χ1v) is 7.32. The van der Waals surface area contributed by atoms with Gasteiger partial charge in [0.25, 0.3) is 0 Å². The Kier molecular flexibility index (Phi) is 2.50. The molecule has 0 saturated heterocycles. The number of ether oxygens (including phenoxy) is 5. The first kappa shape index (κ1) is 12.6. The average Bonchev–Trinajstić information content (AvgIpc) is 3.19. The lowest BCUT2D eigenvalue weighted by Gasteiger charge is -2.25. The molecule has 2 aromatic carbocycles. The van der Waals surface area contributed by atoms with Crippen LogP contribution in [0.1, 0.15) is 23.5 Å². The zero-order valence-electron chi connectivity index (χ0n) is 12.0. The predicted molar refractivity (Wildman–Crippen MR) is 77.2 cm³/mol. The highest BCUT2D eigenvalue weighted by Crippen LogP contribution is 2.47. The van der Waals surface area contributed by atoms with Crippen LogP contribution >= 0.6 is 0 Å². The van der Waals surface area contributed by atoms with Crippen LogP contribution in [-0.4, -0.2) is 19.6 Å². The summed E-state index contributed by atoms with van der Waals surface area (Å²) in [6, 6.07) is 9.34. The molecule has 0 aromatic heterocycles. The molecule has 0 radical (unpaired) electrons. The Morgan fingerprint density at radius 2 is 1.48 bits per heavy atom. The van der Waals surface area contributed by atoms with Crippen LogP contribution in [0, 0.1) is 0 Å². The molecule has 116 valence electrons. The summed E-state index contributed by atoms with van der Waals surface area (Å²) in [5, 5.41) is 0. The number of fused-ring (bicyclic) bond motifs is 3. The zero-order chi connectivity index (χ0) is 15.4. The van der Waals surface area contributed by atoms with Crippen LogP contribution in [0.25, 0.3) is 0 Å². The maximum Gasteiger partial charge on any atom is 0.312 e. The van der Waals surface area contributed by atoms with Crippen LogP contribution in [0.5, 0.6) is 28.7 Å². The van der Waals surface area contributed by atoms with Gasteiger partial charge in [0, 0.05) is 17.5 Å². The second-order valence-electron chi connectivity index (χ2n) is 5.59. The van der Waals surface area contributed by atoms with E-state index in [9.17, 15) is 4.79 Å². The van der Waals surface area contributed by atoms with E-state index in [0.29, 0.717) is 23.0 Å². The molecule has 5 rings (SSSR count). The molecular weight excluding hydrogens is 300 g/mol. The third kappa shape index (κ3) is 1.91. The van der Waals surface area contributed by atoms with Crippen LogP contribution in [-0.2, 0) is 4.79 Å². The van der Waals surface area contributed by atoms with E-state index in [4.69, 9.17) is 23.7 Å². The number of benzene rings is 2. The van der Waals surface area contributed by atoms with Crippen molar-refractivity contribution in [2.24, 2.45) is 0 Å². The molecule has 3 aliphatic rings. The topological polar surface area (TPSA) is 63.2 Å². The third-order valence-corrected chi connectivity index (χ3v) is 4.27. The van der Waals surface area contributed by atoms with Crippen molar-refractivity contribution in [3.63, 3.8) is 0 Å². The number of hydrogen-bond acceptors (Lipinski definition) is 6. The van der Waals surface area contributed by atoms with Gasteiger partial charge in [0.05, 0.1) is 6.42 Å². The molecule has 3 heterocycles. The van der Waals surface area contributed by atoms with Gasteiger partial charge in [-0.3, -0.25) is 4.79 Å². The van der Waals surface area contributed by atoms with Crippen molar-refractivity contribution < 1.29 is 28.5 Å². The van der Waals surface area contributed by atoms with E-state index in [0.717, 1.165) is 16.9 Å². The maximum atomic E-state index is 12.0. The fourth-order valence-corrected chi connectivity index (χ4v) is 3.17. The summed E-state index contributed by atoms with van der Waals surface area (Å²) >= 11 is 0. The van der Waals surface area contributed by atoms with Gasteiger partial charge < -0.3 is 23.7 Å². The smallest absolute Gasteiger partial charge is 0.312 e. The molecule has 23 heavy (non-hydrogen) atoms. The number of rotatable bonds is 1. The van der Waals surface area contributed by atoms with Gasteiger partial charge in [-0.25, -0.2) is 0 Å². The van der Waals surface area contributed by atoms with E-state index in [1.807, 2.05) is 24.3 Å². The Bertz CT molecular complexity index is 828. The molecule has 0 unspecified atom stereocenters. The molecule has 6 nitrogen and oxygen atoms in total. The fourth-order valence-electron chi connectivity index (χ4n) is 3.17. The molecule has 0 bridgehead atoms. The SMILES string of the molecule is O=C1C[C@H](c2ccc3c(c2)OCO3)c2cc3c(cc2O1)OCO3. The summed E-state index contributed by atoms with van der Waals surface area (Å²) in [6.45, 7) is 0.404. The maximum absolute atomic E-state index is 12.0. The van der Waals surface area contributed by atoms with E-state index >= 15 is 0 Å². The minimum Gasteiger partial charge on any atom is -0.454 e. The van der Waals surface area contributed by atoms with Gasteiger partial charge in [-0.2, -0.15) is 0 Å². The van der Waals surface area contributed by atoms with Gasteiger partial charge in [-0.15, -0.1) is 0 Å². The van der Waals surface area contributed by atoms with Crippen molar-refractivity contribution in [1.82, 2.24) is 0 Å².